The van der Waals surface area contributed by atoms with Crippen molar-refractivity contribution in [2.45, 2.75) is 13.5 Å². The lowest BCUT2D eigenvalue weighted by molar-refractivity contribution is -0.142. The highest BCUT2D eigenvalue weighted by atomic mass is 16.5. The van der Waals surface area contributed by atoms with Gasteiger partial charge in [-0.05, 0) is 29.8 Å². The third-order valence-electron chi connectivity index (χ3n) is 4.14. The molecule has 0 aliphatic heterocycles. The van der Waals surface area contributed by atoms with Crippen LogP contribution in [0.5, 0.6) is 5.88 Å². The van der Waals surface area contributed by atoms with Crippen LogP contribution in [0.15, 0.2) is 48.9 Å². The number of nitrogens with zero attached hydrogens (tertiary/aromatic N) is 5. The molecule has 0 aliphatic rings. The summed E-state index contributed by atoms with van der Waals surface area (Å²) in [6, 6.07) is 10.9. The Morgan fingerprint density at radius 3 is 2.68 bits per heavy atom. The van der Waals surface area contributed by atoms with E-state index in [2.05, 4.69) is 19.9 Å². The molecule has 0 saturated carbocycles. The Hall–Kier alpha value is -4.01. The Labute approximate surface area is 159 Å². The summed E-state index contributed by atoms with van der Waals surface area (Å²) in [6.45, 7) is 1.55. The highest BCUT2D eigenvalue weighted by molar-refractivity contribution is 5.85. The lowest BCUT2D eigenvalue weighted by atomic mass is 10.2. The summed E-state index contributed by atoms with van der Waals surface area (Å²) in [6.07, 6.45) is 2.86. The molecule has 0 radical (unpaired) electrons. The topological polar surface area (TPSA) is 129 Å². The number of rotatable bonds is 4. The number of hydrogen-bond donors (Lipinski definition) is 2. The Morgan fingerprint density at radius 2 is 1.96 bits per heavy atom. The Morgan fingerprint density at radius 1 is 1.18 bits per heavy atom. The molecule has 0 aliphatic carbocycles. The number of nitrogen functional groups attached to an aromatic ring is 1. The zero-order chi connectivity index (χ0) is 19.7. The van der Waals surface area contributed by atoms with Gasteiger partial charge in [0.05, 0.1) is 5.56 Å². The molecule has 0 unspecified atom stereocenters. The van der Waals surface area contributed by atoms with Crippen LogP contribution in [0.3, 0.4) is 0 Å². The summed E-state index contributed by atoms with van der Waals surface area (Å²) >= 11 is 0. The number of benzene rings is 1. The fraction of sp³-hybridized carbons (Fsp3) is 0.105. The van der Waals surface area contributed by atoms with Gasteiger partial charge in [-0.25, -0.2) is 15.0 Å². The average molecular weight is 376 g/mol. The zero-order valence-electron chi connectivity index (χ0n) is 14.9. The highest BCUT2D eigenvalue weighted by Gasteiger charge is 2.20. The summed E-state index contributed by atoms with van der Waals surface area (Å²) in [7, 11) is 0. The van der Waals surface area contributed by atoms with Crippen LogP contribution in [0.25, 0.3) is 28.2 Å². The molecule has 28 heavy (non-hydrogen) atoms. The Kier molecular flexibility index (Phi) is 4.32. The standard InChI is InChI=1S/C19H16N6O3/c1-11(26)28-9-12-4-6-13(7-5-12)25-17(14-3-2-8-21-16(14)20)24-15-18(25)22-10-23-19(15)27/h2-8,10H,9H2,1H3,(H2,20,21)(H,22,23,27). The monoisotopic (exact) mass is 376 g/mol. The van der Waals surface area contributed by atoms with E-state index >= 15 is 0 Å². The average Bonchev–Trinajstić information content (AvgIpc) is 3.08. The Balaban J connectivity index is 1.88. The van der Waals surface area contributed by atoms with Gasteiger partial charge in [-0.3, -0.25) is 9.36 Å². The first kappa shape index (κ1) is 17.4. The SMILES string of the molecule is CC(=O)OCc1ccc(-n2c(-c3cccnc3N)nc3c(O)ncnc32)cc1. The van der Waals surface area contributed by atoms with E-state index in [1.54, 1.807) is 22.9 Å². The molecule has 0 saturated heterocycles. The normalized spacial score (nSPS) is 10.9. The van der Waals surface area contributed by atoms with Crippen LogP contribution in [0.4, 0.5) is 5.82 Å². The molecule has 140 valence electrons. The molecule has 3 aromatic heterocycles. The number of anilines is 1. The van der Waals surface area contributed by atoms with Crippen molar-refractivity contribution in [3.8, 4) is 23.0 Å². The molecular formula is C19H16N6O3. The number of hydrogen-bond acceptors (Lipinski definition) is 8. The lowest BCUT2D eigenvalue weighted by Crippen LogP contribution is -2.03. The van der Waals surface area contributed by atoms with Crippen LogP contribution in [0.2, 0.25) is 0 Å². The van der Waals surface area contributed by atoms with Gasteiger partial charge in [-0.1, -0.05) is 12.1 Å². The third kappa shape index (κ3) is 3.09. The summed E-state index contributed by atoms with van der Waals surface area (Å²) in [5.74, 6) is 0.215. The number of imidazole rings is 1. The van der Waals surface area contributed by atoms with Crippen molar-refractivity contribution >= 4 is 23.0 Å². The summed E-state index contributed by atoms with van der Waals surface area (Å²) in [5, 5.41) is 10.1. The summed E-state index contributed by atoms with van der Waals surface area (Å²) in [4.78, 5) is 27.7. The lowest BCUT2D eigenvalue weighted by Gasteiger charge is -2.11. The molecule has 9 heteroatoms. The van der Waals surface area contributed by atoms with E-state index in [0.29, 0.717) is 22.9 Å². The van der Waals surface area contributed by atoms with E-state index in [1.165, 1.54) is 13.3 Å². The van der Waals surface area contributed by atoms with E-state index in [0.717, 1.165) is 11.3 Å². The second kappa shape index (κ2) is 6.95. The number of fused-ring (bicyclic) bond motifs is 1. The third-order valence-corrected chi connectivity index (χ3v) is 4.14. The zero-order valence-corrected chi connectivity index (χ0v) is 14.9. The van der Waals surface area contributed by atoms with E-state index < -0.39 is 0 Å². The molecule has 1 aromatic carbocycles. The maximum absolute atomic E-state index is 11.0. The second-order valence-corrected chi connectivity index (χ2v) is 6.02. The van der Waals surface area contributed by atoms with Gasteiger partial charge in [0.1, 0.15) is 18.8 Å². The van der Waals surface area contributed by atoms with Crippen LogP contribution in [-0.4, -0.2) is 35.6 Å². The molecule has 3 N–H and O–H groups in total. The van der Waals surface area contributed by atoms with Crippen molar-refractivity contribution in [3.05, 3.63) is 54.5 Å². The predicted octanol–water partition coefficient (Wildman–Crippen LogP) is 2.23. The predicted molar refractivity (Wildman–Crippen MR) is 101 cm³/mol. The minimum absolute atomic E-state index is 0.186. The smallest absolute Gasteiger partial charge is 0.302 e. The molecule has 3 heterocycles. The molecule has 9 nitrogen and oxygen atoms in total. The van der Waals surface area contributed by atoms with Gasteiger partial charge in [0.2, 0.25) is 5.88 Å². The van der Waals surface area contributed by atoms with Gasteiger partial charge in [-0.2, -0.15) is 4.98 Å². The fourth-order valence-electron chi connectivity index (χ4n) is 2.84. The minimum atomic E-state index is -0.341. The highest BCUT2D eigenvalue weighted by Crippen LogP contribution is 2.32. The van der Waals surface area contributed by atoms with Gasteiger partial charge in [0.15, 0.2) is 17.0 Å². The van der Waals surface area contributed by atoms with Gasteiger partial charge in [-0.15, -0.1) is 0 Å². The van der Waals surface area contributed by atoms with Crippen molar-refractivity contribution in [1.29, 1.82) is 0 Å². The largest absolute Gasteiger partial charge is 0.492 e. The van der Waals surface area contributed by atoms with Crippen LogP contribution in [0.1, 0.15) is 12.5 Å². The van der Waals surface area contributed by atoms with Crippen molar-refractivity contribution < 1.29 is 14.6 Å². The van der Waals surface area contributed by atoms with Crippen LogP contribution >= 0.6 is 0 Å². The fourth-order valence-corrected chi connectivity index (χ4v) is 2.84. The molecule has 0 spiro atoms. The van der Waals surface area contributed by atoms with E-state index in [1.807, 2.05) is 24.3 Å². The van der Waals surface area contributed by atoms with Crippen LogP contribution in [-0.2, 0) is 16.1 Å². The first-order valence-electron chi connectivity index (χ1n) is 8.40. The van der Waals surface area contributed by atoms with Crippen molar-refractivity contribution in [2.24, 2.45) is 0 Å². The quantitative estimate of drug-likeness (QED) is 0.519. The maximum Gasteiger partial charge on any atom is 0.302 e. The molecule has 0 amide bonds. The van der Waals surface area contributed by atoms with Gasteiger partial charge < -0.3 is 15.6 Å². The first-order valence-corrected chi connectivity index (χ1v) is 8.40. The van der Waals surface area contributed by atoms with E-state index in [-0.39, 0.29) is 24.0 Å². The molecule has 4 rings (SSSR count). The van der Waals surface area contributed by atoms with Crippen LogP contribution in [0, 0.1) is 0 Å². The van der Waals surface area contributed by atoms with E-state index in [9.17, 15) is 9.90 Å². The number of pyridine rings is 1. The van der Waals surface area contributed by atoms with Crippen molar-refractivity contribution in [3.63, 3.8) is 0 Å². The number of ether oxygens (including phenoxy) is 1. The number of aromatic nitrogens is 5. The minimum Gasteiger partial charge on any atom is -0.492 e. The first-order chi connectivity index (χ1) is 13.5. The number of esters is 1. The second-order valence-electron chi connectivity index (χ2n) is 6.02. The summed E-state index contributed by atoms with van der Waals surface area (Å²) < 4.78 is 6.78. The van der Waals surface area contributed by atoms with Gasteiger partial charge in [0.25, 0.3) is 0 Å². The molecular weight excluding hydrogens is 360 g/mol. The van der Waals surface area contributed by atoms with Crippen molar-refractivity contribution in [1.82, 2.24) is 24.5 Å². The van der Waals surface area contributed by atoms with Gasteiger partial charge in [0, 0.05) is 18.8 Å². The van der Waals surface area contributed by atoms with Crippen molar-refractivity contribution in [2.75, 3.05) is 5.73 Å². The molecule has 4 aromatic rings. The molecule has 0 fully saturated rings. The molecule has 0 atom stereocenters. The maximum atomic E-state index is 11.0. The summed E-state index contributed by atoms with van der Waals surface area (Å²) in [5.41, 5.74) is 8.90. The number of carbonyl (C=O) groups is 1. The number of nitrogens with two attached hydrogens (primary N) is 1. The van der Waals surface area contributed by atoms with Crippen LogP contribution < -0.4 is 5.73 Å². The molecule has 0 bridgehead atoms. The number of aromatic hydroxyl groups is 1. The number of carbonyl (C=O) groups excluding carboxylic acids is 1. The van der Waals surface area contributed by atoms with Gasteiger partial charge >= 0.3 is 5.97 Å². The Bertz CT molecular complexity index is 1170. The van der Waals surface area contributed by atoms with E-state index in [4.69, 9.17) is 10.5 Å².